The van der Waals surface area contributed by atoms with Crippen LogP contribution >= 0.6 is 0 Å². The normalized spacial score (nSPS) is 16.6. The number of benzene rings is 1. The number of carbonyl (C=O) groups is 2. The largest absolute Gasteiger partial charge is 0.490 e. The summed E-state index contributed by atoms with van der Waals surface area (Å²) in [5.41, 5.74) is 1.87. The topological polar surface area (TPSA) is 55.8 Å². The standard InChI is InChI=1S/C18H23NO4/c1-5-7-22-16-9-13(11-20)8-14-17(16)23-15(6-2)18(21)19(14)10-12(3)4/h8-9,11,15H,3,5-7,10H2,1-2,4H3. The number of carbonyl (C=O) groups excluding carboxylic acids is 2. The predicted octanol–water partition coefficient (Wildman–Crippen LogP) is 3.37. The van der Waals surface area contributed by atoms with Crippen LogP contribution in [0.2, 0.25) is 0 Å². The Morgan fingerprint density at radius 1 is 1.43 bits per heavy atom. The van der Waals surface area contributed by atoms with E-state index in [1.807, 2.05) is 20.8 Å². The van der Waals surface area contributed by atoms with Gasteiger partial charge in [0.1, 0.15) is 6.29 Å². The van der Waals surface area contributed by atoms with Gasteiger partial charge in [-0.1, -0.05) is 26.0 Å². The van der Waals surface area contributed by atoms with Crippen molar-refractivity contribution >= 4 is 17.9 Å². The molecule has 5 nitrogen and oxygen atoms in total. The van der Waals surface area contributed by atoms with Crippen LogP contribution in [0.1, 0.15) is 44.0 Å². The molecule has 1 aliphatic heterocycles. The predicted molar refractivity (Wildman–Crippen MR) is 89.5 cm³/mol. The monoisotopic (exact) mass is 317 g/mol. The average Bonchev–Trinajstić information content (AvgIpc) is 2.54. The van der Waals surface area contributed by atoms with Crippen molar-refractivity contribution in [1.82, 2.24) is 0 Å². The first kappa shape index (κ1) is 17.1. The van der Waals surface area contributed by atoms with E-state index in [4.69, 9.17) is 9.47 Å². The van der Waals surface area contributed by atoms with Gasteiger partial charge in [0.15, 0.2) is 17.6 Å². The molecule has 1 aliphatic rings. The van der Waals surface area contributed by atoms with Crippen molar-refractivity contribution < 1.29 is 19.1 Å². The van der Waals surface area contributed by atoms with Crippen molar-refractivity contribution in [3.05, 3.63) is 29.8 Å². The quantitative estimate of drug-likeness (QED) is 0.571. The number of ether oxygens (including phenoxy) is 2. The molecule has 1 atom stereocenters. The van der Waals surface area contributed by atoms with Crippen molar-refractivity contribution in [2.24, 2.45) is 0 Å². The Morgan fingerprint density at radius 2 is 2.17 bits per heavy atom. The molecule has 0 saturated heterocycles. The van der Waals surface area contributed by atoms with E-state index >= 15 is 0 Å². The molecule has 5 heteroatoms. The fraction of sp³-hybridized carbons (Fsp3) is 0.444. The lowest BCUT2D eigenvalue weighted by Gasteiger charge is -2.35. The third kappa shape index (κ3) is 3.55. The number of hydrogen-bond donors (Lipinski definition) is 0. The number of hydrogen-bond acceptors (Lipinski definition) is 4. The van der Waals surface area contributed by atoms with Gasteiger partial charge >= 0.3 is 0 Å². The summed E-state index contributed by atoms with van der Waals surface area (Å²) in [6, 6.07) is 3.32. The highest BCUT2D eigenvalue weighted by Crippen LogP contribution is 2.43. The van der Waals surface area contributed by atoms with Crippen LogP contribution in [-0.4, -0.2) is 31.4 Å². The lowest BCUT2D eigenvalue weighted by Crippen LogP contribution is -2.46. The number of nitrogens with zero attached hydrogens (tertiary/aromatic N) is 1. The molecule has 0 aromatic heterocycles. The molecular formula is C18H23NO4. The minimum Gasteiger partial charge on any atom is -0.490 e. The summed E-state index contributed by atoms with van der Waals surface area (Å²) < 4.78 is 11.6. The van der Waals surface area contributed by atoms with E-state index in [1.165, 1.54) is 0 Å². The fourth-order valence-corrected chi connectivity index (χ4v) is 2.49. The highest BCUT2D eigenvalue weighted by molar-refractivity contribution is 6.02. The zero-order valence-electron chi connectivity index (χ0n) is 13.9. The molecule has 0 fully saturated rings. The van der Waals surface area contributed by atoms with Crippen LogP contribution in [-0.2, 0) is 4.79 Å². The molecule has 1 aromatic carbocycles. The van der Waals surface area contributed by atoms with Gasteiger partial charge in [0, 0.05) is 12.1 Å². The molecule has 1 amide bonds. The van der Waals surface area contributed by atoms with Crippen LogP contribution in [0.25, 0.3) is 0 Å². The van der Waals surface area contributed by atoms with Gasteiger partial charge in [-0.3, -0.25) is 9.59 Å². The zero-order valence-corrected chi connectivity index (χ0v) is 13.9. The Labute approximate surface area is 136 Å². The number of aldehydes is 1. The number of anilines is 1. The highest BCUT2D eigenvalue weighted by atomic mass is 16.5. The van der Waals surface area contributed by atoms with Crippen molar-refractivity contribution in [1.29, 1.82) is 0 Å². The lowest BCUT2D eigenvalue weighted by atomic mass is 10.1. The molecule has 0 saturated carbocycles. The van der Waals surface area contributed by atoms with Gasteiger partial charge in [0.2, 0.25) is 0 Å². The molecule has 1 unspecified atom stereocenters. The van der Waals surface area contributed by atoms with E-state index in [0.717, 1.165) is 18.3 Å². The Kier molecular flexibility index (Phi) is 5.42. The maximum atomic E-state index is 12.6. The van der Waals surface area contributed by atoms with Gasteiger partial charge in [-0.2, -0.15) is 0 Å². The van der Waals surface area contributed by atoms with Crippen molar-refractivity contribution in [2.45, 2.75) is 39.7 Å². The molecule has 2 rings (SSSR count). The fourth-order valence-electron chi connectivity index (χ4n) is 2.49. The second-order valence-corrected chi connectivity index (χ2v) is 5.73. The Hall–Kier alpha value is -2.30. The average molecular weight is 317 g/mol. The van der Waals surface area contributed by atoms with Crippen molar-refractivity contribution in [3.8, 4) is 11.5 Å². The van der Waals surface area contributed by atoms with E-state index in [9.17, 15) is 9.59 Å². The Bertz CT molecular complexity index is 624. The van der Waals surface area contributed by atoms with Crippen LogP contribution in [0.4, 0.5) is 5.69 Å². The summed E-state index contributed by atoms with van der Waals surface area (Å²) in [5, 5.41) is 0. The summed E-state index contributed by atoms with van der Waals surface area (Å²) in [5.74, 6) is 0.911. The first-order valence-corrected chi connectivity index (χ1v) is 7.90. The van der Waals surface area contributed by atoms with Gasteiger partial charge in [0.05, 0.1) is 12.3 Å². The second kappa shape index (κ2) is 7.31. The van der Waals surface area contributed by atoms with Gasteiger partial charge in [-0.15, -0.1) is 0 Å². The van der Waals surface area contributed by atoms with Crippen LogP contribution in [0.5, 0.6) is 11.5 Å². The smallest absolute Gasteiger partial charge is 0.268 e. The first-order chi connectivity index (χ1) is 11.0. The first-order valence-electron chi connectivity index (χ1n) is 7.90. The van der Waals surface area contributed by atoms with Crippen LogP contribution < -0.4 is 14.4 Å². The van der Waals surface area contributed by atoms with Crippen molar-refractivity contribution in [3.63, 3.8) is 0 Å². The Morgan fingerprint density at radius 3 is 2.74 bits per heavy atom. The minimum absolute atomic E-state index is 0.118. The maximum absolute atomic E-state index is 12.6. The lowest BCUT2D eigenvalue weighted by molar-refractivity contribution is -0.126. The van der Waals surface area contributed by atoms with Gasteiger partial charge in [-0.05, 0) is 31.9 Å². The summed E-state index contributed by atoms with van der Waals surface area (Å²) in [6.07, 6.45) is 1.60. The molecule has 1 aromatic rings. The summed E-state index contributed by atoms with van der Waals surface area (Å²) in [4.78, 5) is 25.5. The van der Waals surface area contributed by atoms with Gasteiger partial charge < -0.3 is 14.4 Å². The molecule has 23 heavy (non-hydrogen) atoms. The molecule has 0 N–H and O–H groups in total. The molecular weight excluding hydrogens is 294 g/mol. The van der Waals surface area contributed by atoms with Gasteiger partial charge in [0.25, 0.3) is 5.91 Å². The molecule has 0 aliphatic carbocycles. The van der Waals surface area contributed by atoms with E-state index in [0.29, 0.717) is 42.3 Å². The van der Waals surface area contributed by atoms with E-state index in [2.05, 4.69) is 6.58 Å². The third-order valence-electron chi connectivity index (χ3n) is 3.55. The van der Waals surface area contributed by atoms with Crippen LogP contribution in [0, 0.1) is 0 Å². The highest BCUT2D eigenvalue weighted by Gasteiger charge is 2.35. The van der Waals surface area contributed by atoms with Gasteiger partial charge in [-0.25, -0.2) is 0 Å². The number of fused-ring (bicyclic) bond motifs is 1. The van der Waals surface area contributed by atoms with Crippen molar-refractivity contribution in [2.75, 3.05) is 18.1 Å². The Balaban J connectivity index is 2.55. The molecule has 1 heterocycles. The summed E-state index contributed by atoms with van der Waals surface area (Å²) in [6.45, 7) is 10.6. The van der Waals surface area contributed by atoms with Crippen LogP contribution in [0.15, 0.2) is 24.3 Å². The molecule has 0 bridgehead atoms. The number of amides is 1. The zero-order chi connectivity index (χ0) is 17.0. The summed E-state index contributed by atoms with van der Waals surface area (Å²) in [7, 11) is 0. The maximum Gasteiger partial charge on any atom is 0.268 e. The molecule has 124 valence electrons. The van der Waals surface area contributed by atoms with E-state index in [1.54, 1.807) is 17.0 Å². The molecule has 0 spiro atoms. The van der Waals surface area contributed by atoms with E-state index < -0.39 is 6.10 Å². The minimum atomic E-state index is -0.548. The number of rotatable bonds is 7. The molecule has 0 radical (unpaired) electrons. The SMILES string of the molecule is C=C(C)CN1C(=O)C(CC)Oc2c(OCCC)cc(C=O)cc21. The summed E-state index contributed by atoms with van der Waals surface area (Å²) >= 11 is 0. The van der Waals surface area contributed by atoms with Crippen LogP contribution in [0.3, 0.4) is 0 Å². The second-order valence-electron chi connectivity index (χ2n) is 5.73. The van der Waals surface area contributed by atoms with E-state index in [-0.39, 0.29) is 5.91 Å². The third-order valence-corrected chi connectivity index (χ3v) is 3.55.